The third-order valence-electron chi connectivity index (χ3n) is 5.18. The second-order valence-corrected chi connectivity index (χ2v) is 8.83. The monoisotopic (exact) mass is 505 g/mol. The molecular formula is C20H39N7O6S. The molecule has 5 atom stereocenters. The molecule has 14 heteroatoms. The van der Waals surface area contributed by atoms with Crippen LogP contribution in [0.25, 0.3) is 0 Å². The molecule has 0 aromatic carbocycles. The lowest BCUT2D eigenvalue weighted by Gasteiger charge is -2.25. The summed E-state index contributed by atoms with van der Waals surface area (Å²) in [4.78, 5) is 53.2. The molecule has 0 aliphatic carbocycles. The molecule has 0 bridgehead atoms. The minimum atomic E-state index is -1.35. The topological polar surface area (TPSA) is 235 Å². The lowest BCUT2D eigenvalue weighted by atomic mass is 9.99. The number of thioether (sulfide) groups is 1. The van der Waals surface area contributed by atoms with Crippen molar-refractivity contribution < 1.29 is 29.4 Å². The zero-order chi connectivity index (χ0) is 26.3. The predicted octanol–water partition coefficient (Wildman–Crippen LogP) is -2.30. The van der Waals surface area contributed by atoms with E-state index in [2.05, 4.69) is 20.9 Å². The Morgan fingerprint density at radius 1 is 0.971 bits per heavy atom. The summed E-state index contributed by atoms with van der Waals surface area (Å²) in [5.41, 5.74) is 16.4. The Labute approximate surface area is 204 Å². The van der Waals surface area contributed by atoms with Crippen molar-refractivity contribution in [3.8, 4) is 0 Å². The molecule has 0 aliphatic heterocycles. The van der Waals surface area contributed by atoms with Gasteiger partial charge in [-0.15, -0.1) is 0 Å². The van der Waals surface area contributed by atoms with E-state index in [-0.39, 0.29) is 31.3 Å². The number of amides is 3. The van der Waals surface area contributed by atoms with E-state index in [9.17, 15) is 29.4 Å². The standard InChI is InChI=1S/C20H39N7O6S/c1-4-11(2)15(21)18(31)27-14(10-28)17(30)25-12(6-5-8-24-20(22)23)16(29)26-13(19(32)33)7-9-34-3/h11-15,28H,4-10,21H2,1-3H3,(H,25,30)(H,26,29)(H,27,31)(H,32,33)(H4,22,23,24). The van der Waals surface area contributed by atoms with E-state index in [0.717, 1.165) is 0 Å². The van der Waals surface area contributed by atoms with E-state index >= 15 is 0 Å². The van der Waals surface area contributed by atoms with Gasteiger partial charge in [0.15, 0.2) is 5.96 Å². The highest BCUT2D eigenvalue weighted by molar-refractivity contribution is 7.98. The molecule has 0 heterocycles. The molecule has 0 rings (SSSR count). The van der Waals surface area contributed by atoms with Gasteiger partial charge in [-0.25, -0.2) is 4.79 Å². The summed E-state index contributed by atoms with van der Waals surface area (Å²) in [5.74, 6) is -3.11. The maximum atomic E-state index is 12.8. The fourth-order valence-electron chi connectivity index (χ4n) is 2.78. The minimum Gasteiger partial charge on any atom is -0.480 e. The average molecular weight is 506 g/mol. The average Bonchev–Trinajstić information content (AvgIpc) is 2.79. The van der Waals surface area contributed by atoms with Gasteiger partial charge in [0.05, 0.1) is 12.6 Å². The molecule has 34 heavy (non-hydrogen) atoms. The van der Waals surface area contributed by atoms with Gasteiger partial charge in [-0.2, -0.15) is 11.8 Å². The normalized spacial score (nSPS) is 15.2. The van der Waals surface area contributed by atoms with Crippen LogP contribution in [0.4, 0.5) is 0 Å². The first-order chi connectivity index (χ1) is 16.0. The van der Waals surface area contributed by atoms with Crippen LogP contribution in [0.5, 0.6) is 0 Å². The quantitative estimate of drug-likeness (QED) is 0.0597. The lowest BCUT2D eigenvalue weighted by molar-refractivity contribution is -0.142. The van der Waals surface area contributed by atoms with Crippen molar-refractivity contribution in [3.63, 3.8) is 0 Å². The predicted molar refractivity (Wildman–Crippen MR) is 131 cm³/mol. The first-order valence-electron chi connectivity index (χ1n) is 11.0. The number of rotatable bonds is 17. The molecule has 0 saturated heterocycles. The smallest absolute Gasteiger partial charge is 0.326 e. The first kappa shape index (κ1) is 31.4. The Balaban J connectivity index is 5.40. The number of aliphatic imine (C=N–C) groups is 1. The molecule has 0 aromatic heterocycles. The van der Waals surface area contributed by atoms with Crippen LogP contribution in [0.15, 0.2) is 4.99 Å². The summed E-state index contributed by atoms with van der Waals surface area (Å²) >= 11 is 1.43. The Morgan fingerprint density at radius 2 is 1.53 bits per heavy atom. The first-order valence-corrected chi connectivity index (χ1v) is 12.4. The number of hydrogen-bond acceptors (Lipinski definition) is 8. The van der Waals surface area contributed by atoms with Crippen molar-refractivity contribution in [2.45, 2.75) is 63.7 Å². The molecule has 11 N–H and O–H groups in total. The van der Waals surface area contributed by atoms with Crippen molar-refractivity contribution in [3.05, 3.63) is 0 Å². The fraction of sp³-hybridized carbons (Fsp3) is 0.750. The molecule has 196 valence electrons. The number of carboxylic acid groups (broad SMARTS) is 1. The number of aliphatic carboxylic acids is 1. The van der Waals surface area contributed by atoms with Gasteiger partial charge < -0.3 is 43.4 Å². The molecular weight excluding hydrogens is 466 g/mol. The van der Waals surface area contributed by atoms with Gasteiger partial charge in [-0.3, -0.25) is 19.4 Å². The largest absolute Gasteiger partial charge is 0.480 e. The van der Waals surface area contributed by atoms with E-state index < -0.39 is 54.5 Å². The summed E-state index contributed by atoms with van der Waals surface area (Å²) in [6.07, 6.45) is 3.03. The maximum Gasteiger partial charge on any atom is 0.326 e. The minimum absolute atomic E-state index is 0.0850. The summed E-state index contributed by atoms with van der Waals surface area (Å²) in [6.45, 7) is 3.10. The molecule has 0 aromatic rings. The van der Waals surface area contributed by atoms with Crippen LogP contribution in [0, 0.1) is 5.92 Å². The number of carbonyl (C=O) groups is 4. The number of carboxylic acids is 1. The van der Waals surface area contributed by atoms with Gasteiger partial charge in [0.2, 0.25) is 17.7 Å². The third-order valence-corrected chi connectivity index (χ3v) is 5.82. The number of aliphatic hydroxyl groups is 1. The van der Waals surface area contributed by atoms with Crippen LogP contribution in [0.3, 0.4) is 0 Å². The van der Waals surface area contributed by atoms with Crippen molar-refractivity contribution in [2.75, 3.05) is 25.2 Å². The lowest BCUT2D eigenvalue weighted by Crippen LogP contribution is -2.58. The zero-order valence-electron chi connectivity index (χ0n) is 20.0. The van der Waals surface area contributed by atoms with Gasteiger partial charge in [-0.05, 0) is 37.2 Å². The number of carbonyl (C=O) groups excluding carboxylic acids is 3. The van der Waals surface area contributed by atoms with Gasteiger partial charge >= 0.3 is 5.97 Å². The van der Waals surface area contributed by atoms with Crippen LogP contribution in [0.1, 0.15) is 39.5 Å². The maximum absolute atomic E-state index is 12.8. The van der Waals surface area contributed by atoms with E-state index in [1.165, 1.54) is 11.8 Å². The van der Waals surface area contributed by atoms with Crippen LogP contribution >= 0.6 is 11.8 Å². The summed E-state index contributed by atoms with van der Waals surface area (Å²) < 4.78 is 0. The van der Waals surface area contributed by atoms with Crippen LogP contribution in [0.2, 0.25) is 0 Å². The number of guanidine groups is 1. The van der Waals surface area contributed by atoms with Gasteiger partial charge in [0, 0.05) is 6.54 Å². The highest BCUT2D eigenvalue weighted by atomic mass is 32.2. The highest BCUT2D eigenvalue weighted by Crippen LogP contribution is 2.07. The molecule has 0 saturated carbocycles. The fourth-order valence-corrected chi connectivity index (χ4v) is 3.26. The van der Waals surface area contributed by atoms with E-state index in [1.807, 2.05) is 13.2 Å². The molecule has 0 radical (unpaired) electrons. The Bertz CT molecular complexity index is 705. The number of nitrogens with two attached hydrogens (primary N) is 3. The van der Waals surface area contributed by atoms with Crippen LogP contribution in [-0.4, -0.2) is 89.2 Å². The molecule has 0 aliphatic rings. The van der Waals surface area contributed by atoms with Gasteiger partial charge in [0.25, 0.3) is 0 Å². The summed E-state index contributed by atoms with van der Waals surface area (Å²) in [7, 11) is 0. The second-order valence-electron chi connectivity index (χ2n) is 7.85. The SMILES string of the molecule is CCC(C)C(N)C(=O)NC(CO)C(=O)NC(CCCN=C(N)N)C(=O)NC(CCSC)C(=O)O. The Morgan fingerprint density at radius 3 is 2.03 bits per heavy atom. The number of aliphatic hydroxyl groups excluding tert-OH is 1. The van der Waals surface area contributed by atoms with Crippen molar-refractivity contribution in [2.24, 2.45) is 28.1 Å². The van der Waals surface area contributed by atoms with Crippen molar-refractivity contribution in [1.29, 1.82) is 0 Å². The number of nitrogens with zero attached hydrogens (tertiary/aromatic N) is 1. The van der Waals surface area contributed by atoms with Crippen LogP contribution in [-0.2, 0) is 19.2 Å². The van der Waals surface area contributed by atoms with E-state index in [4.69, 9.17) is 17.2 Å². The summed E-state index contributed by atoms with van der Waals surface area (Å²) in [6, 6.07) is -4.51. The number of hydrogen-bond donors (Lipinski definition) is 8. The third kappa shape index (κ3) is 12.0. The molecule has 5 unspecified atom stereocenters. The highest BCUT2D eigenvalue weighted by Gasteiger charge is 2.30. The van der Waals surface area contributed by atoms with Gasteiger partial charge in [-0.1, -0.05) is 20.3 Å². The van der Waals surface area contributed by atoms with Gasteiger partial charge in [0.1, 0.15) is 18.1 Å². The molecule has 3 amide bonds. The Hall–Kier alpha value is -2.58. The van der Waals surface area contributed by atoms with E-state index in [1.54, 1.807) is 6.92 Å². The van der Waals surface area contributed by atoms with Crippen molar-refractivity contribution in [1.82, 2.24) is 16.0 Å². The zero-order valence-corrected chi connectivity index (χ0v) is 20.8. The molecule has 0 fully saturated rings. The van der Waals surface area contributed by atoms with Crippen molar-refractivity contribution >= 4 is 41.4 Å². The number of nitrogens with one attached hydrogen (secondary N) is 3. The van der Waals surface area contributed by atoms with Crippen LogP contribution < -0.4 is 33.2 Å². The van der Waals surface area contributed by atoms with E-state index in [0.29, 0.717) is 18.6 Å². The molecule has 13 nitrogen and oxygen atoms in total. The second kappa shape index (κ2) is 16.9. The summed E-state index contributed by atoms with van der Waals surface area (Å²) in [5, 5.41) is 26.3. The Kier molecular flexibility index (Phi) is 15.7. The molecule has 0 spiro atoms.